The van der Waals surface area contributed by atoms with E-state index in [0.717, 1.165) is 38.5 Å². The van der Waals surface area contributed by atoms with Crippen LogP contribution in [0.15, 0.2) is 12.4 Å². The molecule has 2 aliphatic rings. The van der Waals surface area contributed by atoms with Gasteiger partial charge in [0.15, 0.2) is 0 Å². The quantitative estimate of drug-likeness (QED) is 0.870. The maximum absolute atomic E-state index is 12.1. The fraction of sp³-hybridized carbons (Fsp3) is 0.706. The summed E-state index contributed by atoms with van der Waals surface area (Å²) >= 11 is 5.77. The molecule has 1 heterocycles. The predicted octanol–water partition coefficient (Wildman–Crippen LogP) is 3.45. The molecule has 0 aliphatic heterocycles. The minimum Gasteiger partial charge on any atom is -0.460 e. The van der Waals surface area contributed by atoms with Crippen LogP contribution in [-0.2, 0) is 0 Å². The molecule has 24 heavy (non-hydrogen) atoms. The summed E-state index contributed by atoms with van der Waals surface area (Å²) in [4.78, 5) is 20.2. The van der Waals surface area contributed by atoms with Crippen molar-refractivity contribution in [1.29, 1.82) is 0 Å². The number of ether oxygens (including phenoxy) is 1. The molecule has 2 N–H and O–H groups in total. The lowest BCUT2D eigenvalue weighted by Gasteiger charge is -2.30. The zero-order valence-electron chi connectivity index (χ0n) is 13.8. The van der Waals surface area contributed by atoms with Gasteiger partial charge in [0.25, 0.3) is 0 Å². The summed E-state index contributed by atoms with van der Waals surface area (Å²) in [6, 6.07) is 0.915. The second-order valence-corrected chi connectivity index (χ2v) is 7.16. The normalized spacial score (nSPS) is 25.0. The molecule has 0 saturated heterocycles. The summed E-state index contributed by atoms with van der Waals surface area (Å²) in [5, 5.41) is 6.71. The topological polar surface area (TPSA) is 76.1 Å². The SMILES string of the molecule is O=C(NC1CCCCC1)NC1CCC(Oc2ncc(Cl)cn2)CC1. The van der Waals surface area contributed by atoms with E-state index < -0.39 is 0 Å². The van der Waals surface area contributed by atoms with Crippen LogP contribution in [0.25, 0.3) is 0 Å². The molecular weight excluding hydrogens is 328 g/mol. The first-order valence-electron chi connectivity index (χ1n) is 8.90. The fourth-order valence-corrected chi connectivity index (χ4v) is 3.59. The first-order chi connectivity index (χ1) is 11.7. The number of nitrogens with zero attached hydrogens (tertiary/aromatic N) is 2. The average Bonchev–Trinajstić information content (AvgIpc) is 2.59. The molecule has 2 amide bonds. The van der Waals surface area contributed by atoms with E-state index in [9.17, 15) is 4.79 Å². The Morgan fingerprint density at radius 1 is 0.958 bits per heavy atom. The van der Waals surface area contributed by atoms with Gasteiger partial charge in [-0.15, -0.1) is 0 Å². The highest BCUT2D eigenvalue weighted by molar-refractivity contribution is 6.30. The third-order valence-corrected chi connectivity index (χ3v) is 5.01. The van der Waals surface area contributed by atoms with Crippen LogP contribution in [0, 0.1) is 0 Å². The molecule has 2 saturated carbocycles. The van der Waals surface area contributed by atoms with Crippen molar-refractivity contribution in [3.8, 4) is 6.01 Å². The number of amides is 2. The summed E-state index contributed by atoms with van der Waals surface area (Å²) in [5.74, 6) is 0. The van der Waals surface area contributed by atoms with Crippen LogP contribution in [0.5, 0.6) is 6.01 Å². The van der Waals surface area contributed by atoms with Gasteiger partial charge in [-0.05, 0) is 38.5 Å². The summed E-state index contributed by atoms with van der Waals surface area (Å²) < 4.78 is 5.78. The molecule has 1 aromatic heterocycles. The smallest absolute Gasteiger partial charge is 0.316 e. The number of halogens is 1. The molecule has 0 atom stereocenters. The molecule has 0 aromatic carbocycles. The van der Waals surface area contributed by atoms with Crippen molar-refractivity contribution in [2.45, 2.75) is 76.0 Å². The van der Waals surface area contributed by atoms with Crippen LogP contribution >= 0.6 is 11.6 Å². The van der Waals surface area contributed by atoms with Crippen LogP contribution in [0.4, 0.5) is 4.79 Å². The number of hydrogen-bond donors (Lipinski definition) is 2. The van der Waals surface area contributed by atoms with Crippen LogP contribution in [0.2, 0.25) is 5.02 Å². The van der Waals surface area contributed by atoms with Gasteiger partial charge in [0, 0.05) is 12.1 Å². The second-order valence-electron chi connectivity index (χ2n) is 6.73. The first-order valence-corrected chi connectivity index (χ1v) is 9.28. The van der Waals surface area contributed by atoms with Crippen LogP contribution < -0.4 is 15.4 Å². The number of rotatable bonds is 4. The molecule has 7 heteroatoms. The Morgan fingerprint density at radius 2 is 1.54 bits per heavy atom. The lowest BCUT2D eigenvalue weighted by Crippen LogP contribution is -2.48. The van der Waals surface area contributed by atoms with Gasteiger partial charge in [0.05, 0.1) is 17.4 Å². The third kappa shape index (κ3) is 5.23. The minimum absolute atomic E-state index is 0.0210. The van der Waals surface area contributed by atoms with Crippen molar-refractivity contribution in [2.75, 3.05) is 0 Å². The first kappa shape index (κ1) is 17.3. The second kappa shape index (κ2) is 8.51. The van der Waals surface area contributed by atoms with Gasteiger partial charge in [0.2, 0.25) is 0 Å². The van der Waals surface area contributed by atoms with Crippen molar-refractivity contribution in [3.05, 3.63) is 17.4 Å². The maximum Gasteiger partial charge on any atom is 0.316 e. The molecule has 2 fully saturated rings. The van der Waals surface area contributed by atoms with Gasteiger partial charge >= 0.3 is 12.0 Å². The van der Waals surface area contributed by atoms with Crippen LogP contribution in [0.3, 0.4) is 0 Å². The van der Waals surface area contributed by atoms with Crippen molar-refractivity contribution in [1.82, 2.24) is 20.6 Å². The van der Waals surface area contributed by atoms with Gasteiger partial charge in [-0.3, -0.25) is 0 Å². The Labute approximate surface area is 147 Å². The fourth-order valence-electron chi connectivity index (χ4n) is 3.49. The monoisotopic (exact) mass is 352 g/mol. The number of hydrogen-bond acceptors (Lipinski definition) is 4. The molecule has 3 rings (SSSR count). The zero-order valence-corrected chi connectivity index (χ0v) is 14.6. The highest BCUT2D eigenvalue weighted by Crippen LogP contribution is 2.23. The predicted molar refractivity (Wildman–Crippen MR) is 92.3 cm³/mol. The molecule has 0 unspecified atom stereocenters. The van der Waals surface area contributed by atoms with E-state index in [0.29, 0.717) is 17.1 Å². The molecule has 132 valence electrons. The maximum atomic E-state index is 12.1. The molecule has 6 nitrogen and oxygen atoms in total. The molecular formula is C17H25ClN4O2. The molecule has 0 bridgehead atoms. The summed E-state index contributed by atoms with van der Waals surface area (Å²) in [7, 11) is 0. The van der Waals surface area contributed by atoms with Gasteiger partial charge < -0.3 is 15.4 Å². The molecule has 1 aromatic rings. The zero-order chi connectivity index (χ0) is 16.8. The van der Waals surface area contributed by atoms with Crippen molar-refractivity contribution < 1.29 is 9.53 Å². The van der Waals surface area contributed by atoms with E-state index >= 15 is 0 Å². The molecule has 2 aliphatic carbocycles. The molecule has 0 spiro atoms. The Bertz CT molecular complexity index is 526. The lowest BCUT2D eigenvalue weighted by molar-refractivity contribution is 0.128. The van der Waals surface area contributed by atoms with Gasteiger partial charge in [-0.25, -0.2) is 14.8 Å². The standard InChI is InChI=1S/C17H25ClN4O2/c18-12-10-19-17(20-11-12)24-15-8-6-14(7-9-15)22-16(23)21-13-4-2-1-3-5-13/h10-11,13-15H,1-9H2,(H2,21,22,23). The van der Waals surface area contributed by atoms with E-state index in [1.54, 1.807) is 0 Å². The summed E-state index contributed by atoms with van der Waals surface area (Å²) in [6.07, 6.45) is 12.7. The van der Waals surface area contributed by atoms with Gasteiger partial charge in [-0.1, -0.05) is 30.9 Å². The van der Waals surface area contributed by atoms with E-state index in [4.69, 9.17) is 16.3 Å². The average molecular weight is 353 g/mol. The Morgan fingerprint density at radius 3 is 2.17 bits per heavy atom. The minimum atomic E-state index is -0.0210. The van der Waals surface area contributed by atoms with Gasteiger partial charge in [0.1, 0.15) is 6.10 Å². The number of urea groups is 1. The summed E-state index contributed by atoms with van der Waals surface area (Å²) in [6.45, 7) is 0. The van der Waals surface area contributed by atoms with E-state index in [-0.39, 0.29) is 18.2 Å². The third-order valence-electron chi connectivity index (χ3n) is 4.82. The van der Waals surface area contributed by atoms with E-state index in [1.165, 1.54) is 31.7 Å². The van der Waals surface area contributed by atoms with E-state index in [1.807, 2.05) is 0 Å². The highest BCUT2D eigenvalue weighted by atomic mass is 35.5. The Kier molecular flexibility index (Phi) is 6.12. The number of carbonyl (C=O) groups excluding carboxylic acids is 1. The largest absolute Gasteiger partial charge is 0.460 e. The number of carbonyl (C=O) groups is 1. The number of aromatic nitrogens is 2. The van der Waals surface area contributed by atoms with Crippen molar-refractivity contribution in [3.63, 3.8) is 0 Å². The van der Waals surface area contributed by atoms with Crippen molar-refractivity contribution in [2.24, 2.45) is 0 Å². The number of nitrogens with one attached hydrogen (secondary N) is 2. The van der Waals surface area contributed by atoms with Gasteiger partial charge in [-0.2, -0.15) is 0 Å². The summed E-state index contributed by atoms with van der Waals surface area (Å²) in [5.41, 5.74) is 0. The van der Waals surface area contributed by atoms with Crippen LogP contribution in [-0.4, -0.2) is 34.2 Å². The van der Waals surface area contributed by atoms with E-state index in [2.05, 4.69) is 20.6 Å². The van der Waals surface area contributed by atoms with Crippen LogP contribution in [0.1, 0.15) is 57.8 Å². The molecule has 0 radical (unpaired) electrons. The lowest BCUT2D eigenvalue weighted by atomic mass is 9.93. The highest BCUT2D eigenvalue weighted by Gasteiger charge is 2.25. The Balaban J connectivity index is 1.37. The Hall–Kier alpha value is -1.56. The van der Waals surface area contributed by atoms with Crippen molar-refractivity contribution >= 4 is 17.6 Å².